The summed E-state index contributed by atoms with van der Waals surface area (Å²) in [5.74, 6) is 0.998. The normalized spacial score (nSPS) is 24.7. The van der Waals surface area contributed by atoms with Gasteiger partial charge in [-0.15, -0.1) is 10.2 Å². The zero-order chi connectivity index (χ0) is 29.9. The summed E-state index contributed by atoms with van der Waals surface area (Å²) >= 11 is 0. The molecule has 228 valence electrons. The summed E-state index contributed by atoms with van der Waals surface area (Å²) in [6.07, 6.45) is 6.59. The average molecular weight is 599 g/mol. The number of halogens is 4. The highest BCUT2D eigenvalue weighted by Gasteiger charge is 2.52. The maximum Gasteiger partial charge on any atom is 0.345 e. The lowest BCUT2D eigenvalue weighted by molar-refractivity contribution is -0.193. The van der Waals surface area contributed by atoms with Gasteiger partial charge in [-0.3, -0.25) is 18.8 Å². The number of H-pyrrole nitrogens is 1. The number of aromatic amines is 1. The van der Waals surface area contributed by atoms with Crippen LogP contribution in [0.3, 0.4) is 0 Å². The molecule has 2 saturated carbocycles. The highest BCUT2D eigenvalue weighted by molar-refractivity contribution is 5.84. The summed E-state index contributed by atoms with van der Waals surface area (Å²) in [5.41, 5.74) is 2.49. The second-order valence-corrected chi connectivity index (χ2v) is 12.5. The molecule has 4 aromatic rings. The fourth-order valence-electron chi connectivity index (χ4n) is 7.15. The molecule has 3 aliphatic rings. The Kier molecular flexibility index (Phi) is 7.16. The van der Waals surface area contributed by atoms with E-state index in [0.29, 0.717) is 33.2 Å². The predicted octanol–water partition coefficient (Wildman–Crippen LogP) is 6.10. The van der Waals surface area contributed by atoms with Crippen LogP contribution in [0.4, 0.5) is 17.6 Å². The molecule has 12 heteroatoms. The molecule has 0 amide bonds. The molecule has 8 nitrogen and oxygen atoms in total. The van der Waals surface area contributed by atoms with Gasteiger partial charge in [-0.25, -0.2) is 0 Å². The Morgan fingerprint density at radius 3 is 2.67 bits per heavy atom. The van der Waals surface area contributed by atoms with Crippen molar-refractivity contribution in [1.82, 2.24) is 29.2 Å². The molecule has 4 heterocycles. The molecule has 1 aliphatic heterocycles. The summed E-state index contributed by atoms with van der Waals surface area (Å²) < 4.78 is 60.8. The SMILES string of the molecule is C[C@H]1CCCN(Cc2cc3c(C4CC4)cn(-c4cccc(C5(c6nncn6C(F)F)CC(OC(F)F)C5)c4)c(=O)c3[nH]2)C1. The zero-order valence-electron chi connectivity index (χ0n) is 23.9. The third kappa shape index (κ3) is 5.18. The van der Waals surface area contributed by atoms with E-state index in [1.165, 1.54) is 12.8 Å². The minimum absolute atomic E-state index is 0.0173. The number of ether oxygens (including phenoxy) is 1. The van der Waals surface area contributed by atoms with Crippen LogP contribution < -0.4 is 5.56 Å². The highest BCUT2D eigenvalue weighted by atomic mass is 19.3. The maximum absolute atomic E-state index is 14.0. The van der Waals surface area contributed by atoms with E-state index in [1.807, 2.05) is 6.20 Å². The van der Waals surface area contributed by atoms with Gasteiger partial charge in [-0.2, -0.15) is 17.6 Å². The summed E-state index contributed by atoms with van der Waals surface area (Å²) in [4.78, 5) is 19.8. The minimum atomic E-state index is -2.97. The van der Waals surface area contributed by atoms with Crippen LogP contribution in [0.15, 0.2) is 47.7 Å². The van der Waals surface area contributed by atoms with Gasteiger partial charge in [0.25, 0.3) is 5.56 Å². The number of hydrogen-bond donors (Lipinski definition) is 1. The second-order valence-electron chi connectivity index (χ2n) is 12.5. The number of likely N-dealkylation sites (tertiary alicyclic amines) is 1. The third-order valence-electron chi connectivity index (χ3n) is 9.37. The average Bonchev–Trinajstić information content (AvgIpc) is 3.50. The fourth-order valence-corrected chi connectivity index (χ4v) is 7.15. The van der Waals surface area contributed by atoms with E-state index in [1.54, 1.807) is 28.8 Å². The molecule has 0 spiro atoms. The van der Waals surface area contributed by atoms with Crippen LogP contribution in [0.5, 0.6) is 0 Å². The number of rotatable bonds is 9. The van der Waals surface area contributed by atoms with Crippen molar-refractivity contribution in [3.63, 3.8) is 0 Å². The van der Waals surface area contributed by atoms with Gasteiger partial charge in [-0.05, 0) is 86.2 Å². The topological polar surface area (TPSA) is 81.0 Å². The van der Waals surface area contributed by atoms with Crippen molar-refractivity contribution in [2.75, 3.05) is 13.1 Å². The van der Waals surface area contributed by atoms with Crippen molar-refractivity contribution in [3.8, 4) is 5.69 Å². The van der Waals surface area contributed by atoms with E-state index in [2.05, 4.69) is 33.1 Å². The quantitative estimate of drug-likeness (QED) is 0.236. The zero-order valence-corrected chi connectivity index (χ0v) is 23.9. The van der Waals surface area contributed by atoms with Gasteiger partial charge in [0.05, 0.1) is 11.5 Å². The number of alkyl halides is 4. The van der Waals surface area contributed by atoms with E-state index in [0.717, 1.165) is 55.4 Å². The number of aromatic nitrogens is 5. The maximum atomic E-state index is 14.0. The number of nitrogens with zero attached hydrogens (tertiary/aromatic N) is 5. The molecule has 1 aromatic carbocycles. The summed E-state index contributed by atoms with van der Waals surface area (Å²) in [5, 5.41) is 8.65. The fraction of sp³-hybridized carbons (Fsp3) is 0.516. The van der Waals surface area contributed by atoms with Crippen LogP contribution >= 0.6 is 0 Å². The molecule has 0 unspecified atom stereocenters. The van der Waals surface area contributed by atoms with E-state index >= 15 is 0 Å². The first kappa shape index (κ1) is 28.3. The number of fused-ring (bicyclic) bond motifs is 1. The molecule has 43 heavy (non-hydrogen) atoms. The molecule has 3 fully saturated rings. The third-order valence-corrected chi connectivity index (χ3v) is 9.37. The van der Waals surface area contributed by atoms with Crippen LogP contribution in [-0.2, 0) is 16.7 Å². The van der Waals surface area contributed by atoms with Gasteiger partial charge < -0.3 is 9.72 Å². The summed E-state index contributed by atoms with van der Waals surface area (Å²) in [6, 6.07) is 9.19. The van der Waals surface area contributed by atoms with Crippen LogP contribution in [0.1, 0.15) is 80.6 Å². The van der Waals surface area contributed by atoms with Crippen molar-refractivity contribution in [2.45, 2.75) is 82.6 Å². The summed E-state index contributed by atoms with van der Waals surface area (Å²) in [6.45, 7) is -0.776. The first-order chi connectivity index (χ1) is 20.7. The van der Waals surface area contributed by atoms with Crippen molar-refractivity contribution in [3.05, 3.63) is 75.9 Å². The van der Waals surface area contributed by atoms with Crippen LogP contribution in [0.25, 0.3) is 16.6 Å². The Hall–Kier alpha value is -3.51. The lowest BCUT2D eigenvalue weighted by Crippen LogP contribution is -2.49. The van der Waals surface area contributed by atoms with Gasteiger partial charge in [0.15, 0.2) is 0 Å². The highest BCUT2D eigenvalue weighted by Crippen LogP contribution is 2.51. The van der Waals surface area contributed by atoms with Crippen LogP contribution in [-0.4, -0.2) is 55.0 Å². The Balaban J connectivity index is 1.28. The molecule has 1 N–H and O–H groups in total. The van der Waals surface area contributed by atoms with Gasteiger partial charge >= 0.3 is 13.2 Å². The first-order valence-electron chi connectivity index (χ1n) is 14.9. The van der Waals surface area contributed by atoms with Gasteiger partial charge in [-0.1, -0.05) is 19.1 Å². The minimum Gasteiger partial charge on any atom is -0.353 e. The Bertz CT molecular complexity index is 1690. The molecular weight excluding hydrogens is 564 g/mol. The molecular formula is C31H34F4N6O2. The Labute approximate surface area is 245 Å². The molecule has 7 rings (SSSR count). The Morgan fingerprint density at radius 2 is 1.95 bits per heavy atom. The molecule has 1 atom stereocenters. The standard InChI is InChI=1S/C31H34F4N6O2/c1-18-4-3-9-39(14-18)15-21-11-24-25(19-7-8-19)16-40(27(42)26(24)37-21)22-6-2-5-20(10-22)31(12-23(13-31)43-30(34)35)28-38-36-17-41(28)29(32)33/h2,5-6,10-11,16-19,23,29-30,37H,3-4,7-9,12-15H2,1H3/t18-,23?,31?/m0/s1. The van der Waals surface area contributed by atoms with Crippen LogP contribution in [0.2, 0.25) is 0 Å². The molecule has 3 aromatic heterocycles. The van der Waals surface area contributed by atoms with E-state index in [-0.39, 0.29) is 24.2 Å². The number of hydrogen-bond acceptors (Lipinski definition) is 5. The van der Waals surface area contributed by atoms with Crippen molar-refractivity contribution < 1.29 is 22.3 Å². The molecule has 1 saturated heterocycles. The number of piperidine rings is 1. The number of pyridine rings is 1. The summed E-state index contributed by atoms with van der Waals surface area (Å²) in [7, 11) is 0. The monoisotopic (exact) mass is 598 g/mol. The lowest BCUT2D eigenvalue weighted by Gasteiger charge is -2.46. The van der Waals surface area contributed by atoms with E-state index < -0.39 is 24.7 Å². The van der Waals surface area contributed by atoms with Gasteiger partial charge in [0.2, 0.25) is 0 Å². The lowest BCUT2D eigenvalue weighted by atomic mass is 9.62. The molecule has 2 aliphatic carbocycles. The first-order valence-corrected chi connectivity index (χ1v) is 14.9. The van der Waals surface area contributed by atoms with Crippen LogP contribution in [0, 0.1) is 5.92 Å². The van der Waals surface area contributed by atoms with Crippen molar-refractivity contribution in [1.29, 1.82) is 0 Å². The Morgan fingerprint density at radius 1 is 1.14 bits per heavy atom. The molecule has 0 bridgehead atoms. The van der Waals surface area contributed by atoms with Gasteiger partial charge in [0, 0.05) is 36.1 Å². The van der Waals surface area contributed by atoms with E-state index in [9.17, 15) is 22.4 Å². The van der Waals surface area contributed by atoms with E-state index in [4.69, 9.17) is 4.74 Å². The van der Waals surface area contributed by atoms with Gasteiger partial charge in [0.1, 0.15) is 17.7 Å². The van der Waals surface area contributed by atoms with Crippen molar-refractivity contribution in [2.24, 2.45) is 5.92 Å². The number of nitrogens with one attached hydrogen (secondary N) is 1. The molecule has 0 radical (unpaired) electrons. The second kappa shape index (κ2) is 10.9. The number of benzene rings is 1. The largest absolute Gasteiger partial charge is 0.353 e. The smallest absolute Gasteiger partial charge is 0.345 e. The predicted molar refractivity (Wildman–Crippen MR) is 152 cm³/mol. The van der Waals surface area contributed by atoms with Crippen molar-refractivity contribution >= 4 is 10.9 Å².